The second kappa shape index (κ2) is 6.24. The molecule has 0 aromatic carbocycles. The van der Waals surface area contributed by atoms with E-state index in [1.54, 1.807) is 0 Å². The van der Waals surface area contributed by atoms with Crippen molar-refractivity contribution in [1.29, 1.82) is 0 Å². The first-order valence-corrected chi connectivity index (χ1v) is 6.14. The zero-order valence-electron chi connectivity index (χ0n) is 11.4. The molecule has 2 N–H and O–H groups in total. The fourth-order valence-electron chi connectivity index (χ4n) is 1.96. The molecule has 1 amide bonds. The molecule has 0 heterocycles. The van der Waals surface area contributed by atoms with Crippen molar-refractivity contribution in [3.05, 3.63) is 0 Å². The zero-order chi connectivity index (χ0) is 12.8. The average molecular weight is 229 g/mol. The van der Waals surface area contributed by atoms with E-state index >= 15 is 0 Å². The third-order valence-corrected chi connectivity index (χ3v) is 2.78. The molecule has 0 aliphatic carbocycles. The molecule has 0 aliphatic heterocycles. The molecule has 0 aliphatic rings. The Morgan fingerprint density at radius 2 is 1.75 bits per heavy atom. The number of amides is 1. The van der Waals surface area contributed by atoms with Gasteiger partial charge in [-0.3, -0.25) is 4.79 Å². The van der Waals surface area contributed by atoms with E-state index in [0.717, 1.165) is 12.8 Å². The number of hydrogen-bond acceptors (Lipinski definition) is 2. The van der Waals surface area contributed by atoms with Crippen LogP contribution in [0.15, 0.2) is 0 Å². The molecule has 0 fully saturated rings. The van der Waals surface area contributed by atoms with Gasteiger partial charge in [-0.05, 0) is 32.1 Å². The van der Waals surface area contributed by atoms with Crippen molar-refractivity contribution >= 4 is 5.91 Å². The summed E-state index contributed by atoms with van der Waals surface area (Å²) < 4.78 is 0. The van der Waals surface area contributed by atoms with Crippen LogP contribution in [0.5, 0.6) is 0 Å². The quantitative estimate of drug-likeness (QED) is 0.704. The van der Waals surface area contributed by atoms with Gasteiger partial charge in [-0.25, -0.2) is 0 Å². The number of carbonyl (C=O) groups is 1. The Morgan fingerprint density at radius 1 is 1.19 bits per heavy atom. The van der Waals surface area contributed by atoms with Gasteiger partial charge in [0.1, 0.15) is 0 Å². The summed E-state index contributed by atoms with van der Waals surface area (Å²) in [5.74, 6) is 0.0805. The van der Waals surface area contributed by atoms with Crippen molar-refractivity contribution in [1.82, 2.24) is 5.32 Å². The van der Waals surface area contributed by atoms with Crippen LogP contribution in [0.3, 0.4) is 0 Å². The van der Waals surface area contributed by atoms with Crippen molar-refractivity contribution in [2.24, 2.45) is 5.41 Å². The molecule has 0 aromatic heterocycles. The summed E-state index contributed by atoms with van der Waals surface area (Å²) in [4.78, 5) is 11.8. The van der Waals surface area contributed by atoms with Gasteiger partial charge < -0.3 is 10.4 Å². The van der Waals surface area contributed by atoms with E-state index < -0.39 is 0 Å². The van der Waals surface area contributed by atoms with Gasteiger partial charge in [0.2, 0.25) is 5.91 Å². The average Bonchev–Trinajstić information content (AvgIpc) is 1.99. The highest BCUT2D eigenvalue weighted by Gasteiger charge is 2.25. The van der Waals surface area contributed by atoms with Gasteiger partial charge >= 0.3 is 0 Å². The highest BCUT2D eigenvalue weighted by Crippen LogP contribution is 2.26. The standard InChI is InChI=1S/C13H27NO2/c1-6-7-12(2,3)10-11(16)14-13(4,5)8-9-15/h15H,6-10H2,1-5H3,(H,14,16). The van der Waals surface area contributed by atoms with Gasteiger partial charge in [0.05, 0.1) is 0 Å². The Labute approximate surface area is 99.6 Å². The fourth-order valence-corrected chi connectivity index (χ4v) is 1.96. The molecule has 96 valence electrons. The maximum Gasteiger partial charge on any atom is 0.220 e. The first-order chi connectivity index (χ1) is 7.22. The summed E-state index contributed by atoms with van der Waals surface area (Å²) in [7, 11) is 0. The van der Waals surface area contributed by atoms with Crippen LogP contribution in [-0.2, 0) is 4.79 Å². The molecule has 0 rings (SSSR count). The first kappa shape index (κ1) is 15.4. The Kier molecular flexibility index (Phi) is 6.01. The summed E-state index contributed by atoms with van der Waals surface area (Å²) in [5, 5.41) is 11.9. The second-order valence-corrected chi connectivity index (χ2v) is 6.00. The highest BCUT2D eigenvalue weighted by molar-refractivity contribution is 5.77. The van der Waals surface area contributed by atoms with Gasteiger partial charge in [-0.1, -0.05) is 27.2 Å². The largest absolute Gasteiger partial charge is 0.396 e. The summed E-state index contributed by atoms with van der Waals surface area (Å²) in [6.45, 7) is 10.4. The summed E-state index contributed by atoms with van der Waals surface area (Å²) in [6.07, 6.45) is 3.30. The lowest BCUT2D eigenvalue weighted by molar-refractivity contribution is -0.124. The predicted molar refractivity (Wildman–Crippen MR) is 67.2 cm³/mol. The minimum atomic E-state index is -0.311. The third-order valence-electron chi connectivity index (χ3n) is 2.78. The van der Waals surface area contributed by atoms with Gasteiger partial charge in [-0.15, -0.1) is 0 Å². The molecular formula is C13H27NO2. The Hall–Kier alpha value is -0.570. The topological polar surface area (TPSA) is 49.3 Å². The molecular weight excluding hydrogens is 202 g/mol. The molecule has 0 unspecified atom stereocenters. The Morgan fingerprint density at radius 3 is 2.19 bits per heavy atom. The normalized spacial score (nSPS) is 12.6. The number of hydrogen-bond donors (Lipinski definition) is 2. The van der Waals surface area contributed by atoms with Crippen molar-refractivity contribution in [3.63, 3.8) is 0 Å². The lowest BCUT2D eigenvalue weighted by Gasteiger charge is -2.29. The minimum Gasteiger partial charge on any atom is -0.396 e. The SMILES string of the molecule is CCCC(C)(C)CC(=O)NC(C)(C)CCO. The monoisotopic (exact) mass is 229 g/mol. The smallest absolute Gasteiger partial charge is 0.220 e. The summed E-state index contributed by atoms with van der Waals surface area (Å²) >= 11 is 0. The van der Waals surface area contributed by atoms with Crippen molar-refractivity contribution < 1.29 is 9.90 Å². The maximum atomic E-state index is 11.8. The van der Waals surface area contributed by atoms with Crippen LogP contribution in [0, 0.1) is 5.41 Å². The molecule has 0 radical (unpaired) electrons. The van der Waals surface area contributed by atoms with Crippen LogP contribution in [0.1, 0.15) is 60.3 Å². The predicted octanol–water partition coefficient (Wildman–Crippen LogP) is 2.48. The van der Waals surface area contributed by atoms with E-state index in [1.807, 2.05) is 13.8 Å². The minimum absolute atomic E-state index is 0.0636. The van der Waals surface area contributed by atoms with Crippen LogP contribution in [0.4, 0.5) is 0 Å². The van der Waals surface area contributed by atoms with Gasteiger partial charge in [0.25, 0.3) is 0 Å². The van der Waals surface area contributed by atoms with Crippen LogP contribution in [0.2, 0.25) is 0 Å². The van der Waals surface area contributed by atoms with Crippen molar-refractivity contribution in [3.8, 4) is 0 Å². The van der Waals surface area contributed by atoms with Crippen LogP contribution in [0.25, 0.3) is 0 Å². The summed E-state index contributed by atoms with van der Waals surface area (Å²) in [6, 6.07) is 0. The van der Waals surface area contributed by atoms with Crippen molar-refractivity contribution in [2.45, 2.75) is 65.8 Å². The third kappa shape index (κ3) is 6.83. The molecule has 3 nitrogen and oxygen atoms in total. The van der Waals surface area contributed by atoms with E-state index in [1.165, 1.54) is 0 Å². The van der Waals surface area contributed by atoms with E-state index in [4.69, 9.17) is 5.11 Å². The molecule has 0 saturated heterocycles. The molecule has 0 spiro atoms. The Bertz CT molecular complexity index is 200. The molecule has 0 atom stereocenters. The summed E-state index contributed by atoms with van der Waals surface area (Å²) in [5.41, 5.74) is -0.248. The van der Waals surface area contributed by atoms with Gasteiger partial charge in [-0.2, -0.15) is 0 Å². The van der Waals surface area contributed by atoms with Crippen LogP contribution >= 0.6 is 0 Å². The van der Waals surface area contributed by atoms with E-state index in [2.05, 4.69) is 26.1 Å². The van der Waals surface area contributed by atoms with E-state index in [9.17, 15) is 4.79 Å². The lowest BCUT2D eigenvalue weighted by atomic mass is 9.84. The Balaban J connectivity index is 4.17. The van der Waals surface area contributed by atoms with E-state index in [0.29, 0.717) is 12.8 Å². The molecule has 16 heavy (non-hydrogen) atoms. The maximum absolute atomic E-state index is 11.8. The number of carbonyl (C=O) groups excluding carboxylic acids is 1. The van der Waals surface area contributed by atoms with E-state index in [-0.39, 0.29) is 23.5 Å². The highest BCUT2D eigenvalue weighted by atomic mass is 16.3. The molecule has 0 bridgehead atoms. The molecule has 0 saturated carbocycles. The second-order valence-electron chi connectivity index (χ2n) is 6.00. The number of aliphatic hydroxyl groups is 1. The van der Waals surface area contributed by atoms with Crippen LogP contribution in [-0.4, -0.2) is 23.2 Å². The van der Waals surface area contributed by atoms with Crippen LogP contribution < -0.4 is 5.32 Å². The van der Waals surface area contributed by atoms with Crippen molar-refractivity contribution in [2.75, 3.05) is 6.61 Å². The first-order valence-electron chi connectivity index (χ1n) is 6.14. The number of nitrogens with one attached hydrogen (secondary N) is 1. The van der Waals surface area contributed by atoms with Gasteiger partial charge in [0, 0.05) is 18.6 Å². The lowest BCUT2D eigenvalue weighted by Crippen LogP contribution is -2.45. The van der Waals surface area contributed by atoms with Gasteiger partial charge in [0.15, 0.2) is 0 Å². The molecule has 3 heteroatoms. The fraction of sp³-hybridized carbons (Fsp3) is 0.923. The number of aliphatic hydroxyl groups excluding tert-OH is 1. The molecule has 0 aromatic rings. The number of rotatable bonds is 7. The zero-order valence-corrected chi connectivity index (χ0v) is 11.4.